The van der Waals surface area contributed by atoms with Gasteiger partial charge in [0, 0.05) is 7.05 Å². The third kappa shape index (κ3) is 3.14. The quantitative estimate of drug-likeness (QED) is 0.456. The molecular formula is C4H6NO3. The minimum absolute atomic E-state index is 0.556. The maximum Gasteiger partial charge on any atom is 0.317 e. The minimum atomic E-state index is -1.23. The monoisotopic (exact) mass is 116 g/mol. The van der Waals surface area contributed by atoms with Gasteiger partial charge in [-0.3, -0.25) is 9.59 Å². The van der Waals surface area contributed by atoms with Gasteiger partial charge in [0.15, 0.2) is 6.42 Å². The molecule has 0 aromatic heterocycles. The van der Waals surface area contributed by atoms with Crippen LogP contribution in [-0.4, -0.2) is 24.0 Å². The summed E-state index contributed by atoms with van der Waals surface area (Å²) in [5.41, 5.74) is 0. The van der Waals surface area contributed by atoms with Gasteiger partial charge in [-0.1, -0.05) is 0 Å². The van der Waals surface area contributed by atoms with E-state index in [2.05, 4.69) is 5.32 Å². The molecule has 0 aliphatic rings. The van der Waals surface area contributed by atoms with Crippen LogP contribution in [0, 0.1) is 6.42 Å². The minimum Gasteiger partial charge on any atom is -0.481 e. The topological polar surface area (TPSA) is 66.4 Å². The van der Waals surface area contributed by atoms with E-state index in [0.717, 1.165) is 0 Å². The zero-order chi connectivity index (χ0) is 6.57. The second-order valence-corrected chi connectivity index (χ2v) is 1.10. The van der Waals surface area contributed by atoms with Gasteiger partial charge in [0.25, 0.3) is 0 Å². The largest absolute Gasteiger partial charge is 0.481 e. The lowest BCUT2D eigenvalue weighted by Gasteiger charge is -1.89. The van der Waals surface area contributed by atoms with Gasteiger partial charge in [0.2, 0.25) is 5.91 Å². The first-order valence-corrected chi connectivity index (χ1v) is 1.96. The first kappa shape index (κ1) is 6.94. The Labute approximate surface area is 46.5 Å². The van der Waals surface area contributed by atoms with E-state index in [9.17, 15) is 9.59 Å². The van der Waals surface area contributed by atoms with Crippen molar-refractivity contribution in [3.8, 4) is 0 Å². The van der Waals surface area contributed by atoms with Crippen LogP contribution >= 0.6 is 0 Å². The molecule has 0 fully saturated rings. The van der Waals surface area contributed by atoms with Crippen LogP contribution in [0.25, 0.3) is 0 Å². The van der Waals surface area contributed by atoms with Crippen molar-refractivity contribution in [2.75, 3.05) is 7.05 Å². The van der Waals surface area contributed by atoms with Crippen molar-refractivity contribution < 1.29 is 14.7 Å². The van der Waals surface area contributed by atoms with Crippen molar-refractivity contribution in [1.82, 2.24) is 5.32 Å². The Bertz CT molecular complexity index is 110. The van der Waals surface area contributed by atoms with Gasteiger partial charge in [-0.15, -0.1) is 0 Å². The highest BCUT2D eigenvalue weighted by atomic mass is 16.4. The molecule has 8 heavy (non-hydrogen) atoms. The van der Waals surface area contributed by atoms with E-state index in [1.54, 1.807) is 0 Å². The second-order valence-electron chi connectivity index (χ2n) is 1.10. The molecule has 0 spiro atoms. The predicted molar refractivity (Wildman–Crippen MR) is 26.0 cm³/mol. The van der Waals surface area contributed by atoms with Gasteiger partial charge < -0.3 is 10.4 Å². The fourth-order valence-corrected chi connectivity index (χ4v) is 0.184. The lowest BCUT2D eigenvalue weighted by Crippen LogP contribution is -2.21. The molecule has 0 aromatic rings. The molecule has 0 saturated heterocycles. The number of carboxylic acids is 1. The second kappa shape index (κ2) is 3.01. The number of carbonyl (C=O) groups excluding carboxylic acids is 1. The van der Waals surface area contributed by atoms with E-state index < -0.39 is 11.9 Å². The highest BCUT2D eigenvalue weighted by Crippen LogP contribution is 1.72. The van der Waals surface area contributed by atoms with Gasteiger partial charge >= 0.3 is 5.97 Å². The zero-order valence-electron chi connectivity index (χ0n) is 4.34. The van der Waals surface area contributed by atoms with E-state index in [4.69, 9.17) is 5.11 Å². The number of hydrogen-bond donors (Lipinski definition) is 2. The molecule has 0 aromatic carbocycles. The first-order valence-electron chi connectivity index (χ1n) is 1.96. The number of carboxylic acid groups (broad SMARTS) is 1. The lowest BCUT2D eigenvalue weighted by atomic mass is 10.4. The van der Waals surface area contributed by atoms with Crippen LogP contribution in [0.4, 0.5) is 0 Å². The van der Waals surface area contributed by atoms with E-state index >= 15 is 0 Å². The Balaban J connectivity index is 3.40. The Morgan fingerprint density at radius 3 is 2.25 bits per heavy atom. The summed E-state index contributed by atoms with van der Waals surface area (Å²) in [6.07, 6.45) is 0.556. The summed E-state index contributed by atoms with van der Waals surface area (Å²) >= 11 is 0. The fraction of sp³-hybridized carbons (Fsp3) is 0.250. The average Bonchev–Trinajstić information content (AvgIpc) is 1.65. The summed E-state index contributed by atoms with van der Waals surface area (Å²) in [4.78, 5) is 19.7. The summed E-state index contributed by atoms with van der Waals surface area (Å²) in [5, 5.41) is 10.0. The smallest absolute Gasteiger partial charge is 0.317 e. The van der Waals surface area contributed by atoms with E-state index in [0.29, 0.717) is 6.42 Å². The van der Waals surface area contributed by atoms with Crippen molar-refractivity contribution in [3.05, 3.63) is 6.42 Å². The molecule has 2 N–H and O–H groups in total. The molecule has 1 radical (unpaired) electrons. The zero-order valence-corrected chi connectivity index (χ0v) is 4.34. The summed E-state index contributed by atoms with van der Waals surface area (Å²) in [7, 11) is 1.36. The van der Waals surface area contributed by atoms with Crippen molar-refractivity contribution in [3.63, 3.8) is 0 Å². The number of rotatable bonds is 2. The summed E-state index contributed by atoms with van der Waals surface area (Å²) in [5.74, 6) is -1.83. The van der Waals surface area contributed by atoms with Gasteiger partial charge in [-0.05, 0) is 0 Å². The molecule has 0 unspecified atom stereocenters. The van der Waals surface area contributed by atoms with Crippen molar-refractivity contribution in [2.45, 2.75) is 0 Å². The molecule has 0 heterocycles. The lowest BCUT2D eigenvalue weighted by molar-refractivity contribution is -0.135. The Morgan fingerprint density at radius 1 is 1.62 bits per heavy atom. The predicted octanol–water partition coefficient (Wildman–Crippen LogP) is -0.979. The third-order valence-corrected chi connectivity index (χ3v) is 0.501. The first-order chi connectivity index (χ1) is 3.66. The Hall–Kier alpha value is -1.06. The molecule has 0 atom stereocenters. The van der Waals surface area contributed by atoms with Crippen molar-refractivity contribution in [2.24, 2.45) is 0 Å². The summed E-state index contributed by atoms with van der Waals surface area (Å²) in [6.45, 7) is 0. The SMILES string of the molecule is CNC(=O)[CH]C(=O)O. The van der Waals surface area contributed by atoms with Gasteiger partial charge in [-0.25, -0.2) is 0 Å². The van der Waals surface area contributed by atoms with Crippen molar-refractivity contribution in [1.29, 1.82) is 0 Å². The molecular weight excluding hydrogens is 110 g/mol. The number of nitrogens with one attached hydrogen (secondary N) is 1. The molecule has 4 heteroatoms. The van der Waals surface area contributed by atoms with Crippen LogP contribution in [0.15, 0.2) is 0 Å². The van der Waals surface area contributed by atoms with Crippen LogP contribution < -0.4 is 5.32 Å². The molecule has 4 nitrogen and oxygen atoms in total. The van der Waals surface area contributed by atoms with E-state index in [1.165, 1.54) is 7.05 Å². The van der Waals surface area contributed by atoms with Gasteiger partial charge in [-0.2, -0.15) is 0 Å². The molecule has 0 aliphatic carbocycles. The average molecular weight is 116 g/mol. The number of amides is 1. The maximum absolute atomic E-state index is 10.1. The summed E-state index contributed by atoms with van der Waals surface area (Å²) < 4.78 is 0. The number of carbonyl (C=O) groups is 2. The molecule has 1 amide bonds. The standard InChI is InChI=1S/C4H6NO3/c1-5-3(6)2-4(7)8/h2H,1H3,(H,5,6)(H,7,8). The number of hydrogen-bond acceptors (Lipinski definition) is 2. The molecule has 0 bridgehead atoms. The Kier molecular flexibility index (Phi) is 2.61. The highest BCUT2D eigenvalue weighted by molar-refractivity contribution is 6.04. The summed E-state index contributed by atoms with van der Waals surface area (Å²) in [6, 6.07) is 0. The van der Waals surface area contributed by atoms with Crippen LogP contribution in [0.1, 0.15) is 0 Å². The van der Waals surface area contributed by atoms with Gasteiger partial charge in [0.1, 0.15) is 0 Å². The van der Waals surface area contributed by atoms with Gasteiger partial charge in [0.05, 0.1) is 0 Å². The fourth-order valence-electron chi connectivity index (χ4n) is 0.184. The van der Waals surface area contributed by atoms with Crippen LogP contribution in [0.2, 0.25) is 0 Å². The third-order valence-electron chi connectivity index (χ3n) is 0.501. The van der Waals surface area contributed by atoms with Crippen molar-refractivity contribution >= 4 is 11.9 Å². The molecule has 0 aliphatic heterocycles. The Morgan fingerprint density at radius 2 is 2.12 bits per heavy atom. The molecule has 45 valence electrons. The van der Waals surface area contributed by atoms with E-state index in [1.807, 2.05) is 0 Å². The highest BCUT2D eigenvalue weighted by Gasteiger charge is 2.03. The van der Waals surface area contributed by atoms with Crippen LogP contribution in [0.5, 0.6) is 0 Å². The van der Waals surface area contributed by atoms with Crippen LogP contribution in [0.3, 0.4) is 0 Å². The normalized spacial score (nSPS) is 8.12. The van der Waals surface area contributed by atoms with Crippen LogP contribution in [-0.2, 0) is 9.59 Å². The maximum atomic E-state index is 10.1. The van der Waals surface area contributed by atoms with E-state index in [-0.39, 0.29) is 0 Å². The number of aliphatic carboxylic acids is 1. The molecule has 0 rings (SSSR count). The molecule has 0 saturated carbocycles.